The number of nitrogen functional groups attached to an aromatic ring is 1. The molecule has 2 N–H and O–H groups in total. The van der Waals surface area contributed by atoms with Gasteiger partial charge in [-0.2, -0.15) is 0 Å². The lowest BCUT2D eigenvalue weighted by molar-refractivity contribution is -0.133. The third-order valence-corrected chi connectivity index (χ3v) is 3.58. The lowest BCUT2D eigenvalue weighted by Crippen LogP contribution is -2.29. The van der Waals surface area contributed by atoms with Crippen LogP contribution in [0.25, 0.3) is 0 Å². The molecular weight excluding hydrogens is 300 g/mol. The Morgan fingerprint density at radius 1 is 1.56 bits per heavy atom. The molecule has 1 unspecified atom stereocenters. The fourth-order valence-electron chi connectivity index (χ4n) is 1.77. The Labute approximate surface area is 113 Å². The van der Waals surface area contributed by atoms with Crippen LogP contribution in [0.5, 0.6) is 0 Å². The molecule has 1 fully saturated rings. The van der Waals surface area contributed by atoms with Crippen molar-refractivity contribution in [3.63, 3.8) is 0 Å². The van der Waals surface area contributed by atoms with Gasteiger partial charge in [-0.15, -0.1) is 0 Å². The normalized spacial score (nSPS) is 19.1. The maximum absolute atomic E-state index is 11.9. The molecule has 0 saturated carbocycles. The van der Waals surface area contributed by atoms with Gasteiger partial charge in [0.2, 0.25) is 0 Å². The molecule has 5 nitrogen and oxygen atoms in total. The van der Waals surface area contributed by atoms with Gasteiger partial charge in [0.05, 0.1) is 5.56 Å². The molecule has 1 amide bonds. The van der Waals surface area contributed by atoms with Crippen molar-refractivity contribution in [2.45, 2.75) is 12.5 Å². The first kappa shape index (κ1) is 12.9. The molecule has 0 radical (unpaired) electrons. The van der Waals surface area contributed by atoms with Crippen molar-refractivity contribution < 1.29 is 14.3 Å². The Hall–Kier alpha value is -1.56. The van der Waals surface area contributed by atoms with Crippen LogP contribution >= 0.6 is 15.9 Å². The van der Waals surface area contributed by atoms with E-state index in [0.29, 0.717) is 24.2 Å². The van der Waals surface area contributed by atoms with Crippen LogP contribution < -0.4 is 5.73 Å². The summed E-state index contributed by atoms with van der Waals surface area (Å²) in [5, 5.41) is 0. The predicted molar refractivity (Wildman–Crippen MR) is 70.0 cm³/mol. The Balaban J connectivity index is 2.08. The number of carbonyl (C=O) groups excluding carboxylic acids is 2. The first-order chi connectivity index (χ1) is 8.49. The third-order valence-electron chi connectivity index (χ3n) is 2.86. The van der Waals surface area contributed by atoms with Gasteiger partial charge in [0.1, 0.15) is 0 Å². The predicted octanol–water partition coefficient (Wildman–Crippen LogP) is 1.42. The minimum Gasteiger partial charge on any atom is -0.449 e. The van der Waals surface area contributed by atoms with Crippen LogP contribution in [0.3, 0.4) is 0 Å². The van der Waals surface area contributed by atoms with Gasteiger partial charge in [-0.1, -0.05) is 0 Å². The van der Waals surface area contributed by atoms with E-state index >= 15 is 0 Å². The van der Waals surface area contributed by atoms with Gasteiger partial charge in [0.25, 0.3) is 5.91 Å². The molecule has 2 rings (SSSR count). The van der Waals surface area contributed by atoms with E-state index in [4.69, 9.17) is 10.5 Å². The SMILES string of the molecule is CN1CCC(OC(=O)c2ccc(Br)c(N)c2)C1=O. The molecule has 0 aliphatic carbocycles. The van der Waals surface area contributed by atoms with Crippen LogP contribution in [0.15, 0.2) is 22.7 Å². The van der Waals surface area contributed by atoms with Crippen molar-refractivity contribution in [3.8, 4) is 0 Å². The number of likely N-dealkylation sites (tertiary alicyclic amines) is 1. The molecule has 1 heterocycles. The minimum atomic E-state index is -0.674. The molecular formula is C12H13BrN2O3. The highest BCUT2D eigenvalue weighted by atomic mass is 79.9. The van der Waals surface area contributed by atoms with E-state index in [1.54, 1.807) is 24.1 Å². The summed E-state index contributed by atoms with van der Waals surface area (Å²) in [4.78, 5) is 25.0. The van der Waals surface area contributed by atoms with E-state index in [1.165, 1.54) is 6.07 Å². The van der Waals surface area contributed by atoms with Gasteiger partial charge >= 0.3 is 5.97 Å². The van der Waals surface area contributed by atoms with Crippen LogP contribution in [0.4, 0.5) is 5.69 Å². The zero-order chi connectivity index (χ0) is 13.3. The smallest absolute Gasteiger partial charge is 0.338 e. The molecule has 96 valence electrons. The minimum absolute atomic E-state index is 0.159. The highest BCUT2D eigenvalue weighted by Crippen LogP contribution is 2.22. The number of ether oxygens (including phenoxy) is 1. The Kier molecular flexibility index (Phi) is 3.56. The summed E-state index contributed by atoms with van der Waals surface area (Å²) in [6, 6.07) is 4.80. The van der Waals surface area contributed by atoms with E-state index in [1.807, 2.05) is 0 Å². The van der Waals surface area contributed by atoms with Crippen molar-refractivity contribution in [1.82, 2.24) is 4.90 Å². The molecule has 0 spiro atoms. The Morgan fingerprint density at radius 2 is 2.28 bits per heavy atom. The molecule has 1 saturated heterocycles. The van der Waals surface area contributed by atoms with Crippen molar-refractivity contribution >= 4 is 33.5 Å². The molecule has 1 atom stereocenters. The molecule has 6 heteroatoms. The standard InChI is InChI=1S/C12H13BrN2O3/c1-15-5-4-10(11(15)16)18-12(17)7-2-3-8(13)9(14)6-7/h2-3,6,10H,4-5,14H2,1H3. The second-order valence-corrected chi connectivity index (χ2v) is 5.03. The van der Waals surface area contributed by atoms with E-state index < -0.39 is 12.1 Å². The van der Waals surface area contributed by atoms with Gasteiger partial charge in [0.15, 0.2) is 6.10 Å². The number of likely N-dealkylation sites (N-methyl/N-ethyl adjacent to an activating group) is 1. The number of nitrogens with two attached hydrogens (primary N) is 1. The average Bonchev–Trinajstić information content (AvgIpc) is 2.64. The molecule has 0 bridgehead atoms. The van der Waals surface area contributed by atoms with Crippen LogP contribution in [0, 0.1) is 0 Å². The Morgan fingerprint density at radius 3 is 2.83 bits per heavy atom. The summed E-state index contributed by atoms with van der Waals surface area (Å²) in [5.74, 6) is -0.684. The van der Waals surface area contributed by atoms with Gasteiger partial charge in [0, 0.05) is 30.2 Å². The van der Waals surface area contributed by atoms with Crippen LogP contribution in [0.2, 0.25) is 0 Å². The monoisotopic (exact) mass is 312 g/mol. The molecule has 18 heavy (non-hydrogen) atoms. The van der Waals surface area contributed by atoms with Crippen molar-refractivity contribution in [2.75, 3.05) is 19.3 Å². The fraction of sp³-hybridized carbons (Fsp3) is 0.333. The van der Waals surface area contributed by atoms with E-state index in [9.17, 15) is 9.59 Å². The fourth-order valence-corrected chi connectivity index (χ4v) is 2.01. The number of halogens is 1. The number of anilines is 1. The summed E-state index contributed by atoms with van der Waals surface area (Å²) in [6.45, 7) is 0.610. The average molecular weight is 313 g/mol. The topological polar surface area (TPSA) is 72.6 Å². The van der Waals surface area contributed by atoms with Crippen LogP contribution in [-0.2, 0) is 9.53 Å². The van der Waals surface area contributed by atoms with Gasteiger partial charge in [-0.05, 0) is 34.1 Å². The van der Waals surface area contributed by atoms with Gasteiger partial charge in [-0.3, -0.25) is 4.79 Å². The third kappa shape index (κ3) is 2.48. The van der Waals surface area contributed by atoms with Crippen LogP contribution in [-0.4, -0.2) is 36.5 Å². The zero-order valence-corrected chi connectivity index (χ0v) is 11.4. The summed E-state index contributed by atoms with van der Waals surface area (Å²) < 4.78 is 5.89. The maximum Gasteiger partial charge on any atom is 0.338 e. The van der Waals surface area contributed by atoms with Gasteiger partial charge < -0.3 is 15.4 Å². The molecule has 0 aromatic heterocycles. The lowest BCUT2D eigenvalue weighted by Gasteiger charge is -2.12. The Bertz CT molecular complexity index is 504. The summed E-state index contributed by atoms with van der Waals surface area (Å²) in [7, 11) is 1.69. The largest absolute Gasteiger partial charge is 0.449 e. The summed E-state index contributed by atoms with van der Waals surface area (Å²) >= 11 is 3.25. The number of amides is 1. The van der Waals surface area contributed by atoms with Crippen molar-refractivity contribution in [3.05, 3.63) is 28.2 Å². The lowest BCUT2D eigenvalue weighted by atomic mass is 10.2. The number of rotatable bonds is 2. The number of carbonyl (C=O) groups is 2. The van der Waals surface area contributed by atoms with Gasteiger partial charge in [-0.25, -0.2) is 4.79 Å². The highest BCUT2D eigenvalue weighted by molar-refractivity contribution is 9.10. The molecule has 1 aliphatic rings. The zero-order valence-electron chi connectivity index (χ0n) is 9.85. The summed E-state index contributed by atoms with van der Waals surface area (Å²) in [6.07, 6.45) is -0.139. The first-order valence-corrected chi connectivity index (χ1v) is 6.29. The molecule has 1 aromatic carbocycles. The van der Waals surface area contributed by atoms with Crippen molar-refractivity contribution in [1.29, 1.82) is 0 Å². The second kappa shape index (κ2) is 4.97. The summed E-state index contributed by atoms with van der Waals surface area (Å²) in [5.41, 5.74) is 6.49. The molecule has 1 aromatic rings. The highest BCUT2D eigenvalue weighted by Gasteiger charge is 2.32. The number of hydrogen-bond acceptors (Lipinski definition) is 4. The quantitative estimate of drug-likeness (QED) is 0.662. The number of hydrogen-bond donors (Lipinski definition) is 1. The first-order valence-electron chi connectivity index (χ1n) is 5.50. The number of nitrogens with zero attached hydrogens (tertiary/aromatic N) is 1. The molecule has 1 aliphatic heterocycles. The van der Waals surface area contributed by atoms with Crippen molar-refractivity contribution in [2.24, 2.45) is 0 Å². The number of esters is 1. The van der Waals surface area contributed by atoms with E-state index in [2.05, 4.69) is 15.9 Å². The van der Waals surface area contributed by atoms with Crippen LogP contribution in [0.1, 0.15) is 16.8 Å². The maximum atomic E-state index is 11.9. The van der Waals surface area contributed by atoms with E-state index in [0.717, 1.165) is 4.47 Å². The van der Waals surface area contributed by atoms with E-state index in [-0.39, 0.29) is 5.91 Å². The number of benzene rings is 1. The second-order valence-electron chi connectivity index (χ2n) is 4.18.